The van der Waals surface area contributed by atoms with Crippen LogP contribution in [0.3, 0.4) is 0 Å². The first kappa shape index (κ1) is 13.4. The molecule has 0 saturated carbocycles. The van der Waals surface area contributed by atoms with Crippen molar-refractivity contribution in [2.24, 2.45) is 0 Å². The van der Waals surface area contributed by atoms with Gasteiger partial charge in [-0.25, -0.2) is 0 Å². The van der Waals surface area contributed by atoms with Crippen molar-refractivity contribution in [2.75, 3.05) is 19.0 Å². The van der Waals surface area contributed by atoms with Gasteiger partial charge in [0.15, 0.2) is 6.61 Å². The second kappa shape index (κ2) is 6.80. The fourth-order valence-corrected chi connectivity index (χ4v) is 2.18. The third kappa shape index (κ3) is 4.30. The molecule has 0 bridgehead atoms. The van der Waals surface area contributed by atoms with E-state index in [2.05, 4.69) is 27.5 Å². The number of thiophene rings is 1. The molecule has 0 atom stereocenters. The van der Waals surface area contributed by atoms with Crippen LogP contribution >= 0.6 is 11.3 Å². The molecular weight excluding hydrogens is 260 g/mol. The SMILES string of the molecule is CNC(=O)COc1cccc(NCc2ccsc2)c1. The Morgan fingerprint density at radius 3 is 3.00 bits per heavy atom. The van der Waals surface area contributed by atoms with E-state index in [9.17, 15) is 4.79 Å². The summed E-state index contributed by atoms with van der Waals surface area (Å²) >= 11 is 1.68. The zero-order valence-electron chi connectivity index (χ0n) is 10.7. The number of hydrogen-bond acceptors (Lipinski definition) is 4. The van der Waals surface area contributed by atoms with E-state index in [-0.39, 0.29) is 12.5 Å². The maximum absolute atomic E-state index is 11.1. The quantitative estimate of drug-likeness (QED) is 0.852. The van der Waals surface area contributed by atoms with Crippen LogP contribution in [0, 0.1) is 0 Å². The molecule has 0 unspecified atom stereocenters. The number of carbonyl (C=O) groups excluding carboxylic acids is 1. The van der Waals surface area contributed by atoms with Gasteiger partial charge < -0.3 is 15.4 Å². The molecule has 0 spiro atoms. The summed E-state index contributed by atoms with van der Waals surface area (Å²) in [5.41, 5.74) is 2.22. The van der Waals surface area contributed by atoms with Gasteiger partial charge in [0.2, 0.25) is 0 Å². The Morgan fingerprint density at radius 2 is 2.26 bits per heavy atom. The molecule has 1 aromatic heterocycles. The normalized spacial score (nSPS) is 9.95. The van der Waals surface area contributed by atoms with Gasteiger partial charge in [0.05, 0.1) is 0 Å². The van der Waals surface area contributed by atoms with E-state index < -0.39 is 0 Å². The maximum atomic E-state index is 11.1. The van der Waals surface area contributed by atoms with Crippen LogP contribution in [0.2, 0.25) is 0 Å². The fourth-order valence-electron chi connectivity index (χ4n) is 1.51. The van der Waals surface area contributed by atoms with E-state index in [1.54, 1.807) is 18.4 Å². The molecule has 2 rings (SSSR count). The van der Waals surface area contributed by atoms with Crippen molar-refractivity contribution in [1.82, 2.24) is 5.32 Å². The van der Waals surface area contributed by atoms with Crippen LogP contribution in [0.25, 0.3) is 0 Å². The van der Waals surface area contributed by atoms with Crippen molar-refractivity contribution >= 4 is 22.9 Å². The standard InChI is InChI=1S/C14H16N2O2S/c1-15-14(17)9-18-13-4-2-3-12(7-13)16-8-11-5-6-19-10-11/h2-7,10,16H,8-9H2,1H3,(H,15,17). The molecular formula is C14H16N2O2S. The monoisotopic (exact) mass is 276 g/mol. The first-order valence-electron chi connectivity index (χ1n) is 5.96. The first-order valence-corrected chi connectivity index (χ1v) is 6.90. The predicted octanol–water partition coefficient (Wildman–Crippen LogP) is 2.49. The smallest absolute Gasteiger partial charge is 0.257 e. The number of benzene rings is 1. The molecule has 2 N–H and O–H groups in total. The molecule has 0 fully saturated rings. The van der Waals surface area contributed by atoms with Gasteiger partial charge in [-0.15, -0.1) is 0 Å². The minimum absolute atomic E-state index is 0.0322. The van der Waals surface area contributed by atoms with Crippen LogP contribution in [0.1, 0.15) is 5.56 Å². The summed E-state index contributed by atoms with van der Waals surface area (Å²) in [5, 5.41) is 10.00. The number of anilines is 1. The van der Waals surface area contributed by atoms with Crippen molar-refractivity contribution in [1.29, 1.82) is 0 Å². The largest absolute Gasteiger partial charge is 0.484 e. The Morgan fingerprint density at radius 1 is 1.37 bits per heavy atom. The number of hydrogen-bond donors (Lipinski definition) is 2. The minimum Gasteiger partial charge on any atom is -0.484 e. The molecule has 0 aliphatic rings. The summed E-state index contributed by atoms with van der Waals surface area (Å²) in [5.74, 6) is 0.538. The van der Waals surface area contributed by atoms with Crippen molar-refractivity contribution in [2.45, 2.75) is 6.54 Å². The zero-order chi connectivity index (χ0) is 13.5. The summed E-state index contributed by atoms with van der Waals surface area (Å²) in [4.78, 5) is 11.1. The summed E-state index contributed by atoms with van der Waals surface area (Å²) in [6, 6.07) is 9.67. The molecule has 0 aliphatic carbocycles. The number of amides is 1. The number of nitrogens with one attached hydrogen (secondary N) is 2. The summed E-state index contributed by atoms with van der Waals surface area (Å²) in [6.07, 6.45) is 0. The highest BCUT2D eigenvalue weighted by Gasteiger charge is 2.01. The molecule has 100 valence electrons. The van der Waals surface area contributed by atoms with Crippen LogP contribution < -0.4 is 15.4 Å². The Kier molecular flexibility index (Phi) is 4.80. The second-order valence-electron chi connectivity index (χ2n) is 3.97. The van der Waals surface area contributed by atoms with E-state index in [4.69, 9.17) is 4.74 Å². The van der Waals surface area contributed by atoms with Crippen LogP contribution in [0.4, 0.5) is 5.69 Å². The highest BCUT2D eigenvalue weighted by Crippen LogP contribution is 2.18. The highest BCUT2D eigenvalue weighted by molar-refractivity contribution is 7.07. The van der Waals surface area contributed by atoms with E-state index >= 15 is 0 Å². The lowest BCUT2D eigenvalue weighted by molar-refractivity contribution is -0.122. The van der Waals surface area contributed by atoms with Gasteiger partial charge in [-0.3, -0.25) is 4.79 Å². The Hall–Kier alpha value is -2.01. The molecule has 19 heavy (non-hydrogen) atoms. The number of rotatable bonds is 6. The van der Waals surface area contributed by atoms with E-state index in [1.165, 1.54) is 5.56 Å². The minimum atomic E-state index is -0.142. The van der Waals surface area contributed by atoms with Crippen molar-refractivity contribution in [3.8, 4) is 5.75 Å². The average molecular weight is 276 g/mol. The average Bonchev–Trinajstić information content (AvgIpc) is 2.96. The third-order valence-electron chi connectivity index (χ3n) is 2.56. The topological polar surface area (TPSA) is 50.4 Å². The number of likely N-dealkylation sites (N-methyl/N-ethyl adjacent to an activating group) is 1. The molecule has 0 saturated heterocycles. The fraction of sp³-hybridized carbons (Fsp3) is 0.214. The summed E-state index contributed by atoms with van der Waals surface area (Å²) < 4.78 is 5.39. The molecule has 0 aliphatic heterocycles. The lowest BCUT2D eigenvalue weighted by atomic mass is 10.2. The second-order valence-corrected chi connectivity index (χ2v) is 4.75. The van der Waals surface area contributed by atoms with Crippen LogP contribution in [-0.4, -0.2) is 19.6 Å². The molecule has 5 heteroatoms. The highest BCUT2D eigenvalue weighted by atomic mass is 32.1. The Labute approximate surface area is 116 Å². The van der Waals surface area contributed by atoms with Gasteiger partial charge in [0, 0.05) is 25.3 Å². The number of carbonyl (C=O) groups is 1. The number of ether oxygens (including phenoxy) is 1. The maximum Gasteiger partial charge on any atom is 0.257 e. The zero-order valence-corrected chi connectivity index (χ0v) is 11.5. The lowest BCUT2D eigenvalue weighted by Gasteiger charge is -2.09. The Balaban J connectivity index is 1.89. The Bertz CT molecular complexity index is 526. The van der Waals surface area contributed by atoms with Crippen LogP contribution in [-0.2, 0) is 11.3 Å². The van der Waals surface area contributed by atoms with Crippen molar-refractivity contribution in [3.63, 3.8) is 0 Å². The van der Waals surface area contributed by atoms with E-state index in [0.29, 0.717) is 5.75 Å². The van der Waals surface area contributed by atoms with Crippen LogP contribution in [0.5, 0.6) is 5.75 Å². The predicted molar refractivity (Wildman–Crippen MR) is 77.6 cm³/mol. The van der Waals surface area contributed by atoms with Gasteiger partial charge in [0.1, 0.15) is 5.75 Å². The van der Waals surface area contributed by atoms with Crippen molar-refractivity contribution in [3.05, 3.63) is 46.7 Å². The van der Waals surface area contributed by atoms with Gasteiger partial charge in [-0.2, -0.15) is 11.3 Å². The molecule has 1 aromatic carbocycles. The summed E-state index contributed by atoms with van der Waals surface area (Å²) in [7, 11) is 1.59. The lowest BCUT2D eigenvalue weighted by Crippen LogP contribution is -2.24. The molecule has 2 aromatic rings. The van der Waals surface area contributed by atoms with Crippen LogP contribution in [0.15, 0.2) is 41.1 Å². The molecule has 4 nitrogen and oxygen atoms in total. The van der Waals surface area contributed by atoms with Gasteiger partial charge in [-0.1, -0.05) is 6.07 Å². The van der Waals surface area contributed by atoms with E-state index in [1.807, 2.05) is 24.3 Å². The van der Waals surface area contributed by atoms with Gasteiger partial charge in [-0.05, 0) is 34.5 Å². The molecule has 0 radical (unpaired) electrons. The first-order chi connectivity index (χ1) is 9.28. The molecule has 1 heterocycles. The van der Waals surface area contributed by atoms with Gasteiger partial charge in [0.25, 0.3) is 5.91 Å². The van der Waals surface area contributed by atoms with Crippen molar-refractivity contribution < 1.29 is 9.53 Å². The summed E-state index contributed by atoms with van der Waals surface area (Å²) in [6.45, 7) is 0.812. The van der Waals surface area contributed by atoms with E-state index in [0.717, 1.165) is 12.2 Å². The third-order valence-corrected chi connectivity index (χ3v) is 3.29. The molecule has 1 amide bonds. The van der Waals surface area contributed by atoms with Gasteiger partial charge >= 0.3 is 0 Å².